The Morgan fingerprint density at radius 2 is 1.97 bits per heavy atom. The Kier molecular flexibility index (Phi) is 6.45. The highest BCUT2D eigenvalue weighted by Crippen LogP contribution is 2.33. The number of hydrogen-bond acceptors (Lipinski definition) is 8. The molecule has 9 nitrogen and oxygen atoms in total. The number of hydrogen-bond donors (Lipinski definition) is 1. The fourth-order valence-electron chi connectivity index (χ4n) is 3.31. The molecule has 2 aromatic carbocycles. The van der Waals surface area contributed by atoms with Gasteiger partial charge in [0, 0.05) is 23.0 Å². The minimum absolute atomic E-state index is 0.0503. The van der Waals surface area contributed by atoms with Gasteiger partial charge in [-0.05, 0) is 55.0 Å². The van der Waals surface area contributed by atoms with Crippen molar-refractivity contribution in [1.82, 2.24) is 19.5 Å². The zero-order valence-electron chi connectivity index (χ0n) is 18.3. The second kappa shape index (κ2) is 9.46. The molecule has 34 heavy (non-hydrogen) atoms. The standard InChI is InChI=1S/C23H20N6O3S2/c1-16-21(22(30)27-34(2,31)32)26-23(33-16)28(19-9-7-17(14-24)8-10-19)15-18-5-3-6-20(13-18)29-12-4-11-25-29/h3-13H,15H2,1-2H3,(H,27,30). The van der Waals surface area contributed by atoms with E-state index < -0.39 is 15.9 Å². The zero-order valence-corrected chi connectivity index (χ0v) is 20.0. The zero-order chi connectivity index (χ0) is 24.3. The van der Waals surface area contributed by atoms with Crippen molar-refractivity contribution in [3.05, 3.63) is 88.7 Å². The van der Waals surface area contributed by atoms with Crippen LogP contribution >= 0.6 is 11.3 Å². The number of nitriles is 1. The lowest BCUT2D eigenvalue weighted by atomic mass is 10.1. The first-order chi connectivity index (χ1) is 16.2. The summed E-state index contributed by atoms with van der Waals surface area (Å²) in [6.07, 6.45) is 4.48. The van der Waals surface area contributed by atoms with Crippen LogP contribution in [-0.2, 0) is 16.6 Å². The fourth-order valence-corrected chi connectivity index (χ4v) is 4.67. The predicted octanol–water partition coefficient (Wildman–Crippen LogP) is 3.54. The highest BCUT2D eigenvalue weighted by molar-refractivity contribution is 7.89. The maximum absolute atomic E-state index is 12.5. The van der Waals surface area contributed by atoms with Gasteiger partial charge in [-0.1, -0.05) is 12.1 Å². The quantitative estimate of drug-likeness (QED) is 0.419. The SMILES string of the molecule is Cc1sc(N(Cc2cccc(-n3cccn3)c2)c2ccc(C#N)cc2)nc1C(=O)NS(C)(=O)=O. The van der Waals surface area contributed by atoms with Gasteiger partial charge >= 0.3 is 0 Å². The second-order valence-electron chi connectivity index (χ2n) is 7.47. The minimum atomic E-state index is -3.72. The van der Waals surface area contributed by atoms with Crippen molar-refractivity contribution in [2.75, 3.05) is 11.2 Å². The molecule has 0 radical (unpaired) electrons. The fraction of sp³-hybridized carbons (Fsp3) is 0.130. The summed E-state index contributed by atoms with van der Waals surface area (Å²) < 4.78 is 26.8. The van der Waals surface area contributed by atoms with Crippen molar-refractivity contribution >= 4 is 38.1 Å². The van der Waals surface area contributed by atoms with Crippen molar-refractivity contribution in [3.63, 3.8) is 0 Å². The molecule has 2 heterocycles. The lowest BCUT2D eigenvalue weighted by Gasteiger charge is -2.22. The number of carbonyl (C=O) groups is 1. The van der Waals surface area contributed by atoms with Gasteiger partial charge in [0.1, 0.15) is 5.69 Å². The molecule has 4 aromatic rings. The maximum Gasteiger partial charge on any atom is 0.284 e. The topological polar surface area (TPSA) is 121 Å². The Morgan fingerprint density at radius 3 is 2.62 bits per heavy atom. The van der Waals surface area contributed by atoms with Crippen LogP contribution in [0.5, 0.6) is 0 Å². The number of nitrogens with zero attached hydrogens (tertiary/aromatic N) is 5. The first kappa shape index (κ1) is 23.2. The number of rotatable bonds is 7. The van der Waals surface area contributed by atoms with Gasteiger partial charge in [-0.3, -0.25) is 4.79 Å². The summed E-state index contributed by atoms with van der Waals surface area (Å²) in [4.78, 5) is 19.4. The molecule has 4 rings (SSSR count). The van der Waals surface area contributed by atoms with E-state index in [2.05, 4.69) is 16.2 Å². The number of thiazole rings is 1. The van der Waals surface area contributed by atoms with Crippen molar-refractivity contribution < 1.29 is 13.2 Å². The lowest BCUT2D eigenvalue weighted by Crippen LogP contribution is -2.30. The van der Waals surface area contributed by atoms with E-state index in [1.165, 1.54) is 11.3 Å². The van der Waals surface area contributed by atoms with Crippen LogP contribution in [0.25, 0.3) is 5.69 Å². The largest absolute Gasteiger partial charge is 0.313 e. The van der Waals surface area contributed by atoms with Crippen LogP contribution in [0, 0.1) is 18.3 Å². The molecule has 0 fully saturated rings. The molecular weight excluding hydrogens is 472 g/mol. The molecule has 0 saturated heterocycles. The van der Waals surface area contributed by atoms with E-state index in [0.717, 1.165) is 23.2 Å². The van der Waals surface area contributed by atoms with Crippen LogP contribution < -0.4 is 9.62 Å². The van der Waals surface area contributed by atoms with Crippen molar-refractivity contribution in [2.45, 2.75) is 13.5 Å². The Morgan fingerprint density at radius 1 is 1.21 bits per heavy atom. The van der Waals surface area contributed by atoms with Gasteiger partial charge in [0.05, 0.1) is 30.1 Å². The van der Waals surface area contributed by atoms with Crippen LogP contribution in [0.2, 0.25) is 0 Å². The van der Waals surface area contributed by atoms with E-state index in [-0.39, 0.29) is 5.69 Å². The summed E-state index contributed by atoms with van der Waals surface area (Å²) in [5, 5.41) is 14.0. The maximum atomic E-state index is 12.5. The Hall–Kier alpha value is -4.01. The third kappa shape index (κ3) is 5.31. The first-order valence-electron chi connectivity index (χ1n) is 10.1. The Bertz CT molecular complexity index is 1470. The summed E-state index contributed by atoms with van der Waals surface area (Å²) >= 11 is 1.28. The molecule has 0 saturated carbocycles. The number of anilines is 2. The van der Waals surface area contributed by atoms with Crippen LogP contribution in [0.1, 0.15) is 26.5 Å². The van der Waals surface area contributed by atoms with E-state index in [9.17, 15) is 13.2 Å². The molecule has 0 aliphatic heterocycles. The van der Waals surface area contributed by atoms with Gasteiger partial charge in [-0.2, -0.15) is 10.4 Å². The van der Waals surface area contributed by atoms with E-state index >= 15 is 0 Å². The number of nitrogens with one attached hydrogen (secondary N) is 1. The molecule has 0 aliphatic carbocycles. The third-order valence-corrected chi connectivity index (χ3v) is 6.39. The van der Waals surface area contributed by atoms with Gasteiger partial charge in [-0.25, -0.2) is 22.8 Å². The minimum Gasteiger partial charge on any atom is -0.313 e. The molecule has 172 valence electrons. The van der Waals surface area contributed by atoms with Crippen LogP contribution in [0.4, 0.5) is 10.8 Å². The van der Waals surface area contributed by atoms with Crippen molar-refractivity contribution in [1.29, 1.82) is 5.26 Å². The average molecular weight is 493 g/mol. The summed E-state index contributed by atoms with van der Waals surface area (Å²) in [6.45, 7) is 2.13. The summed E-state index contributed by atoms with van der Waals surface area (Å²) in [5.41, 5.74) is 3.20. The molecule has 0 bridgehead atoms. The summed E-state index contributed by atoms with van der Waals surface area (Å²) in [5.74, 6) is -0.775. The average Bonchev–Trinajstić information content (AvgIpc) is 3.47. The molecule has 0 unspecified atom stereocenters. The van der Waals surface area contributed by atoms with Crippen molar-refractivity contribution in [3.8, 4) is 11.8 Å². The molecule has 1 N–H and O–H groups in total. The highest BCUT2D eigenvalue weighted by Gasteiger charge is 2.22. The third-order valence-electron chi connectivity index (χ3n) is 4.84. The predicted molar refractivity (Wildman–Crippen MR) is 130 cm³/mol. The highest BCUT2D eigenvalue weighted by atomic mass is 32.2. The Balaban J connectivity index is 1.73. The molecule has 0 aliphatic rings. The van der Waals surface area contributed by atoms with Gasteiger partial charge in [0.25, 0.3) is 5.91 Å². The number of sulfonamides is 1. The molecule has 2 aromatic heterocycles. The van der Waals surface area contributed by atoms with E-state index in [0.29, 0.717) is 22.1 Å². The Labute approximate surface area is 201 Å². The second-order valence-corrected chi connectivity index (χ2v) is 10.4. The normalized spacial score (nSPS) is 11.1. The monoisotopic (exact) mass is 492 g/mol. The number of aryl methyl sites for hydroxylation is 1. The van der Waals surface area contributed by atoms with Gasteiger partial charge in [0.15, 0.2) is 5.13 Å². The van der Waals surface area contributed by atoms with E-state index in [1.807, 2.05) is 58.3 Å². The summed E-state index contributed by atoms with van der Waals surface area (Å²) in [7, 11) is -3.72. The summed E-state index contributed by atoms with van der Waals surface area (Å²) in [6, 6.07) is 18.8. The number of amides is 1. The van der Waals surface area contributed by atoms with Gasteiger partial charge < -0.3 is 4.90 Å². The number of carbonyl (C=O) groups excluding carboxylic acids is 1. The molecule has 11 heteroatoms. The molecule has 0 atom stereocenters. The van der Waals surface area contributed by atoms with Gasteiger partial charge in [0.2, 0.25) is 10.0 Å². The van der Waals surface area contributed by atoms with Crippen LogP contribution in [-0.4, -0.2) is 35.3 Å². The first-order valence-corrected chi connectivity index (χ1v) is 12.8. The lowest BCUT2D eigenvalue weighted by molar-refractivity contribution is 0.0977. The number of benzene rings is 2. The molecule has 1 amide bonds. The van der Waals surface area contributed by atoms with Gasteiger partial charge in [-0.15, -0.1) is 11.3 Å². The van der Waals surface area contributed by atoms with Crippen LogP contribution in [0.15, 0.2) is 67.0 Å². The smallest absolute Gasteiger partial charge is 0.284 e. The molecular formula is C23H20N6O3S2. The molecule has 0 spiro atoms. The number of aromatic nitrogens is 3. The van der Waals surface area contributed by atoms with E-state index in [4.69, 9.17) is 5.26 Å². The van der Waals surface area contributed by atoms with E-state index in [1.54, 1.807) is 29.9 Å². The van der Waals surface area contributed by atoms with Crippen LogP contribution in [0.3, 0.4) is 0 Å². The van der Waals surface area contributed by atoms with Crippen molar-refractivity contribution in [2.24, 2.45) is 0 Å².